The molecule has 2 rings (SSSR count). The highest BCUT2D eigenvalue weighted by atomic mass is 16.5. The second-order valence-electron chi connectivity index (χ2n) is 4.36. The van der Waals surface area contributed by atoms with Crippen LogP contribution in [0.5, 0.6) is 0 Å². The zero-order valence-electron chi connectivity index (χ0n) is 11.6. The zero-order valence-corrected chi connectivity index (χ0v) is 11.6. The number of anilines is 1. The van der Waals surface area contributed by atoms with E-state index in [4.69, 9.17) is 0 Å². The Kier molecular flexibility index (Phi) is 4.24. The van der Waals surface area contributed by atoms with Crippen LogP contribution in [0.1, 0.15) is 34.8 Å². The van der Waals surface area contributed by atoms with Crippen molar-refractivity contribution in [1.82, 2.24) is 15.0 Å². The molecule has 0 spiro atoms. The van der Waals surface area contributed by atoms with Crippen molar-refractivity contribution in [3.05, 3.63) is 47.7 Å². The fourth-order valence-electron chi connectivity index (χ4n) is 1.76. The number of hydrogen-bond donors (Lipinski definition) is 1. The molecule has 0 aliphatic carbocycles. The van der Waals surface area contributed by atoms with E-state index in [2.05, 4.69) is 25.0 Å². The Bertz CT molecular complexity index is 601. The monoisotopic (exact) mass is 272 g/mol. The Morgan fingerprint density at radius 1 is 1.40 bits per heavy atom. The summed E-state index contributed by atoms with van der Waals surface area (Å²) >= 11 is 0. The van der Waals surface area contributed by atoms with Crippen LogP contribution in [0.15, 0.2) is 30.6 Å². The molecular formula is C14H16N4O2. The number of aryl methyl sites for hydroxylation is 1. The number of nitrogens with one attached hydrogen (secondary N) is 1. The number of aromatic nitrogens is 3. The van der Waals surface area contributed by atoms with Crippen molar-refractivity contribution in [3.8, 4) is 0 Å². The number of rotatable bonds is 4. The third-order valence-corrected chi connectivity index (χ3v) is 2.77. The number of carbonyl (C=O) groups excluding carboxylic acids is 1. The summed E-state index contributed by atoms with van der Waals surface area (Å²) in [6.45, 7) is 3.79. The van der Waals surface area contributed by atoms with Crippen LogP contribution < -0.4 is 5.32 Å². The van der Waals surface area contributed by atoms with Crippen LogP contribution in [0.25, 0.3) is 0 Å². The van der Waals surface area contributed by atoms with Crippen LogP contribution in [0, 0.1) is 6.92 Å². The molecule has 0 aliphatic rings. The molecule has 6 heteroatoms. The second-order valence-corrected chi connectivity index (χ2v) is 4.36. The quantitative estimate of drug-likeness (QED) is 0.859. The molecule has 0 bridgehead atoms. The van der Waals surface area contributed by atoms with Gasteiger partial charge >= 0.3 is 5.97 Å². The maximum atomic E-state index is 11.5. The van der Waals surface area contributed by atoms with E-state index in [1.807, 2.05) is 19.1 Å². The fraction of sp³-hybridized carbons (Fsp3) is 0.286. The van der Waals surface area contributed by atoms with Gasteiger partial charge in [-0.15, -0.1) is 0 Å². The average Bonchev–Trinajstić information content (AvgIpc) is 2.46. The van der Waals surface area contributed by atoms with Gasteiger partial charge in [0.05, 0.1) is 13.2 Å². The van der Waals surface area contributed by atoms with E-state index in [1.54, 1.807) is 25.4 Å². The molecule has 1 unspecified atom stereocenters. The van der Waals surface area contributed by atoms with Crippen LogP contribution >= 0.6 is 0 Å². The van der Waals surface area contributed by atoms with Crippen molar-refractivity contribution in [3.63, 3.8) is 0 Å². The molecule has 0 aliphatic heterocycles. The minimum absolute atomic E-state index is 0.0171. The first kappa shape index (κ1) is 13.9. The predicted octanol–water partition coefficient (Wildman–Crippen LogP) is 2.14. The number of ether oxygens (including phenoxy) is 1. The summed E-state index contributed by atoms with van der Waals surface area (Å²) in [4.78, 5) is 23.8. The van der Waals surface area contributed by atoms with Crippen LogP contribution in [-0.2, 0) is 4.74 Å². The number of nitrogens with zero attached hydrogens (tertiary/aromatic N) is 3. The van der Waals surface area contributed by atoms with Crippen molar-refractivity contribution in [2.45, 2.75) is 19.9 Å². The SMILES string of the molecule is COC(=O)c1nc(C)cc(NC(C)c2cccnc2)n1. The van der Waals surface area contributed by atoms with E-state index in [-0.39, 0.29) is 11.9 Å². The van der Waals surface area contributed by atoms with Gasteiger partial charge in [0.2, 0.25) is 5.82 Å². The predicted molar refractivity (Wildman–Crippen MR) is 74.4 cm³/mol. The fourth-order valence-corrected chi connectivity index (χ4v) is 1.76. The molecule has 2 heterocycles. The van der Waals surface area contributed by atoms with Gasteiger partial charge < -0.3 is 10.1 Å². The number of esters is 1. The van der Waals surface area contributed by atoms with Gasteiger partial charge in [0.15, 0.2) is 0 Å². The molecule has 20 heavy (non-hydrogen) atoms. The van der Waals surface area contributed by atoms with Gasteiger partial charge in [-0.1, -0.05) is 6.07 Å². The number of hydrogen-bond acceptors (Lipinski definition) is 6. The van der Waals surface area contributed by atoms with Gasteiger partial charge in [0, 0.05) is 24.2 Å². The molecule has 2 aromatic rings. The number of methoxy groups -OCH3 is 1. The molecule has 2 aromatic heterocycles. The summed E-state index contributed by atoms with van der Waals surface area (Å²) in [7, 11) is 1.30. The van der Waals surface area contributed by atoms with E-state index in [9.17, 15) is 4.79 Å². The van der Waals surface area contributed by atoms with Gasteiger partial charge in [-0.25, -0.2) is 14.8 Å². The first-order valence-corrected chi connectivity index (χ1v) is 6.20. The maximum absolute atomic E-state index is 11.5. The van der Waals surface area contributed by atoms with E-state index in [1.165, 1.54) is 7.11 Å². The van der Waals surface area contributed by atoms with Crippen LogP contribution in [-0.4, -0.2) is 28.0 Å². The maximum Gasteiger partial charge on any atom is 0.376 e. The Morgan fingerprint density at radius 2 is 2.20 bits per heavy atom. The molecule has 104 valence electrons. The van der Waals surface area contributed by atoms with Crippen molar-refractivity contribution in [1.29, 1.82) is 0 Å². The molecule has 0 fully saturated rings. The minimum Gasteiger partial charge on any atom is -0.463 e. The number of carbonyl (C=O) groups is 1. The van der Waals surface area contributed by atoms with Gasteiger partial charge in [-0.2, -0.15) is 0 Å². The summed E-state index contributed by atoms with van der Waals surface area (Å²) in [6, 6.07) is 5.64. The minimum atomic E-state index is -0.550. The third kappa shape index (κ3) is 3.28. The molecule has 0 saturated heterocycles. The molecule has 0 aromatic carbocycles. The Labute approximate surface area is 117 Å². The van der Waals surface area contributed by atoms with Gasteiger partial charge in [0.25, 0.3) is 0 Å². The topological polar surface area (TPSA) is 77.0 Å². The summed E-state index contributed by atoms with van der Waals surface area (Å²) < 4.78 is 4.63. The molecule has 0 amide bonds. The van der Waals surface area contributed by atoms with Crippen LogP contribution in [0.4, 0.5) is 5.82 Å². The largest absolute Gasteiger partial charge is 0.463 e. The lowest BCUT2D eigenvalue weighted by Crippen LogP contribution is -2.13. The van der Waals surface area contributed by atoms with Crippen LogP contribution in [0.2, 0.25) is 0 Å². The normalized spacial score (nSPS) is 11.8. The Morgan fingerprint density at radius 3 is 2.85 bits per heavy atom. The summed E-state index contributed by atoms with van der Waals surface area (Å²) in [5.41, 5.74) is 1.73. The molecule has 1 N–H and O–H groups in total. The third-order valence-electron chi connectivity index (χ3n) is 2.77. The van der Waals surface area contributed by atoms with E-state index >= 15 is 0 Å². The van der Waals surface area contributed by atoms with Crippen LogP contribution in [0.3, 0.4) is 0 Å². The highest BCUT2D eigenvalue weighted by Gasteiger charge is 2.13. The smallest absolute Gasteiger partial charge is 0.376 e. The first-order valence-electron chi connectivity index (χ1n) is 6.20. The Balaban J connectivity index is 2.21. The van der Waals surface area contributed by atoms with Crippen molar-refractivity contribution in [2.24, 2.45) is 0 Å². The molecule has 6 nitrogen and oxygen atoms in total. The van der Waals surface area contributed by atoms with Gasteiger partial charge in [0.1, 0.15) is 5.82 Å². The lowest BCUT2D eigenvalue weighted by molar-refractivity contribution is 0.0586. The van der Waals surface area contributed by atoms with Gasteiger partial charge in [-0.05, 0) is 25.5 Å². The molecule has 1 atom stereocenters. The van der Waals surface area contributed by atoms with Crippen molar-refractivity contribution >= 4 is 11.8 Å². The zero-order chi connectivity index (χ0) is 14.5. The highest BCUT2D eigenvalue weighted by Crippen LogP contribution is 2.17. The highest BCUT2D eigenvalue weighted by molar-refractivity contribution is 5.85. The molecule has 0 radical (unpaired) electrons. The molecule has 0 saturated carbocycles. The summed E-state index contributed by atoms with van der Waals surface area (Å²) in [5.74, 6) is 0.0772. The van der Waals surface area contributed by atoms with Crippen molar-refractivity contribution in [2.75, 3.05) is 12.4 Å². The van der Waals surface area contributed by atoms with E-state index in [0.29, 0.717) is 11.5 Å². The average molecular weight is 272 g/mol. The summed E-state index contributed by atoms with van der Waals surface area (Å²) in [6.07, 6.45) is 3.51. The lowest BCUT2D eigenvalue weighted by atomic mass is 10.1. The van der Waals surface area contributed by atoms with Crippen molar-refractivity contribution < 1.29 is 9.53 Å². The lowest BCUT2D eigenvalue weighted by Gasteiger charge is -2.15. The van der Waals surface area contributed by atoms with Gasteiger partial charge in [-0.3, -0.25) is 4.98 Å². The number of pyridine rings is 1. The van der Waals surface area contributed by atoms with E-state index in [0.717, 1.165) is 5.56 Å². The first-order chi connectivity index (χ1) is 9.60. The van der Waals surface area contributed by atoms with E-state index < -0.39 is 5.97 Å². The molecular weight excluding hydrogens is 256 g/mol. The second kappa shape index (κ2) is 6.10. The Hall–Kier alpha value is -2.50. The summed E-state index contributed by atoms with van der Waals surface area (Å²) in [5, 5.41) is 3.22. The standard InChI is InChI=1S/C14H16N4O2/c1-9-7-12(18-13(16-9)14(19)20-3)17-10(2)11-5-4-6-15-8-11/h4-8,10H,1-3H3,(H,16,17,18).